The van der Waals surface area contributed by atoms with Gasteiger partial charge in [0.1, 0.15) is 0 Å². The molecule has 0 aromatic rings. The zero-order valence-electron chi connectivity index (χ0n) is 10.6. The molecule has 104 valence electrons. The number of thioether (sulfide) groups is 1. The van der Waals surface area contributed by atoms with Crippen molar-refractivity contribution in [2.24, 2.45) is 0 Å². The zero-order valence-corrected chi connectivity index (χ0v) is 11.5. The summed E-state index contributed by atoms with van der Waals surface area (Å²) in [5.74, 6) is -0.0791. The first kappa shape index (κ1) is 15.1. The molecule has 6 nitrogen and oxygen atoms in total. The van der Waals surface area contributed by atoms with E-state index >= 15 is 0 Å². The van der Waals surface area contributed by atoms with E-state index in [1.54, 1.807) is 11.8 Å². The lowest BCUT2D eigenvalue weighted by molar-refractivity contribution is -0.149. The number of carbonyl (C=O) groups excluding carboxylic acids is 1. The first-order valence-corrected chi connectivity index (χ1v) is 7.34. The standard InChI is InChI=1S/C11H20N2O4S/c1-7(6-18-2)13-11(16)12-5-8-3-4-9(17-8)10(14)15/h7-9H,3-6H2,1-2H3,(H,14,15)(H2,12,13,16). The summed E-state index contributed by atoms with van der Waals surface area (Å²) in [5, 5.41) is 14.3. The van der Waals surface area contributed by atoms with E-state index in [4.69, 9.17) is 9.84 Å². The Balaban J connectivity index is 2.17. The molecule has 1 aliphatic rings. The Labute approximate surface area is 111 Å². The Hall–Kier alpha value is -0.950. The van der Waals surface area contributed by atoms with E-state index in [-0.39, 0.29) is 18.2 Å². The summed E-state index contributed by atoms with van der Waals surface area (Å²) in [4.78, 5) is 22.2. The van der Waals surface area contributed by atoms with Crippen LogP contribution in [-0.2, 0) is 9.53 Å². The van der Waals surface area contributed by atoms with Crippen molar-refractivity contribution in [3.63, 3.8) is 0 Å². The maximum absolute atomic E-state index is 11.5. The van der Waals surface area contributed by atoms with Gasteiger partial charge in [0.15, 0.2) is 6.10 Å². The number of ether oxygens (including phenoxy) is 1. The topological polar surface area (TPSA) is 87.7 Å². The van der Waals surface area contributed by atoms with Crippen LogP contribution in [0, 0.1) is 0 Å². The first-order chi connectivity index (χ1) is 8.52. The van der Waals surface area contributed by atoms with Crippen molar-refractivity contribution in [3.05, 3.63) is 0 Å². The lowest BCUT2D eigenvalue weighted by Crippen LogP contribution is -2.44. The van der Waals surface area contributed by atoms with Gasteiger partial charge in [0.25, 0.3) is 0 Å². The average Bonchev–Trinajstić information content (AvgIpc) is 2.75. The van der Waals surface area contributed by atoms with E-state index in [0.29, 0.717) is 19.4 Å². The number of hydrogen-bond acceptors (Lipinski definition) is 4. The monoisotopic (exact) mass is 276 g/mol. The maximum Gasteiger partial charge on any atom is 0.332 e. The second kappa shape index (κ2) is 7.48. The SMILES string of the molecule is CSCC(C)NC(=O)NCC1CCC(C(=O)O)O1. The number of rotatable bonds is 6. The number of carboxylic acids is 1. The number of nitrogens with one attached hydrogen (secondary N) is 2. The fourth-order valence-corrected chi connectivity index (χ4v) is 2.39. The highest BCUT2D eigenvalue weighted by atomic mass is 32.2. The molecule has 1 aliphatic heterocycles. The lowest BCUT2D eigenvalue weighted by atomic mass is 10.2. The van der Waals surface area contributed by atoms with Gasteiger partial charge in [-0.15, -0.1) is 0 Å². The summed E-state index contributed by atoms with van der Waals surface area (Å²) in [5.41, 5.74) is 0. The first-order valence-electron chi connectivity index (χ1n) is 5.94. The van der Waals surface area contributed by atoms with E-state index in [1.807, 2.05) is 13.2 Å². The molecular weight excluding hydrogens is 256 g/mol. The van der Waals surface area contributed by atoms with Crippen LogP contribution in [0.15, 0.2) is 0 Å². The summed E-state index contributed by atoms with van der Waals surface area (Å²) < 4.78 is 5.28. The fourth-order valence-electron chi connectivity index (χ4n) is 1.81. The molecule has 0 aromatic heterocycles. The van der Waals surface area contributed by atoms with Crippen molar-refractivity contribution in [2.45, 2.75) is 38.0 Å². The molecule has 1 saturated heterocycles. The Morgan fingerprint density at radius 3 is 2.78 bits per heavy atom. The Bertz CT molecular complexity index is 301. The Morgan fingerprint density at radius 1 is 1.50 bits per heavy atom. The van der Waals surface area contributed by atoms with E-state index < -0.39 is 12.1 Å². The van der Waals surface area contributed by atoms with Crippen molar-refractivity contribution in [1.29, 1.82) is 0 Å². The Kier molecular flexibility index (Phi) is 6.28. The molecule has 0 aromatic carbocycles. The maximum atomic E-state index is 11.5. The molecule has 1 fully saturated rings. The third-order valence-corrected chi connectivity index (χ3v) is 3.50. The van der Waals surface area contributed by atoms with Crippen LogP contribution in [0.1, 0.15) is 19.8 Å². The quantitative estimate of drug-likeness (QED) is 0.663. The van der Waals surface area contributed by atoms with Gasteiger partial charge in [-0.25, -0.2) is 9.59 Å². The summed E-state index contributed by atoms with van der Waals surface area (Å²) in [6, 6.07) is -0.129. The van der Waals surface area contributed by atoms with Crippen molar-refractivity contribution in [3.8, 4) is 0 Å². The lowest BCUT2D eigenvalue weighted by Gasteiger charge is -2.15. The number of carbonyl (C=O) groups is 2. The van der Waals surface area contributed by atoms with Crippen molar-refractivity contribution in [1.82, 2.24) is 10.6 Å². The van der Waals surface area contributed by atoms with E-state index in [2.05, 4.69) is 10.6 Å². The minimum absolute atomic E-state index is 0.108. The van der Waals surface area contributed by atoms with Crippen LogP contribution in [0.3, 0.4) is 0 Å². The summed E-state index contributed by atoms with van der Waals surface area (Å²) in [6.45, 7) is 2.28. The van der Waals surface area contributed by atoms with Gasteiger partial charge in [-0.05, 0) is 26.0 Å². The van der Waals surface area contributed by atoms with Gasteiger partial charge in [0, 0.05) is 18.3 Å². The molecule has 3 atom stereocenters. The predicted molar refractivity (Wildman–Crippen MR) is 69.9 cm³/mol. The van der Waals surface area contributed by atoms with Gasteiger partial charge >= 0.3 is 12.0 Å². The highest BCUT2D eigenvalue weighted by Gasteiger charge is 2.30. The molecule has 2 amide bonds. The average molecular weight is 276 g/mol. The molecule has 0 radical (unpaired) electrons. The molecule has 0 spiro atoms. The minimum Gasteiger partial charge on any atom is -0.479 e. The third-order valence-electron chi connectivity index (χ3n) is 2.67. The molecule has 0 saturated carbocycles. The summed E-state index contributed by atoms with van der Waals surface area (Å²) in [7, 11) is 0. The van der Waals surface area contributed by atoms with Gasteiger partial charge in [0.2, 0.25) is 0 Å². The second-order valence-corrected chi connectivity index (χ2v) is 5.28. The van der Waals surface area contributed by atoms with Crippen molar-refractivity contribution in [2.75, 3.05) is 18.6 Å². The van der Waals surface area contributed by atoms with Gasteiger partial charge in [0.05, 0.1) is 6.10 Å². The third kappa shape index (κ3) is 5.14. The number of aliphatic carboxylic acids is 1. The van der Waals surface area contributed by atoms with Crippen molar-refractivity contribution < 1.29 is 19.4 Å². The van der Waals surface area contributed by atoms with Gasteiger partial charge in [-0.2, -0.15) is 11.8 Å². The van der Waals surface area contributed by atoms with E-state index in [9.17, 15) is 9.59 Å². The largest absolute Gasteiger partial charge is 0.479 e. The van der Waals surface area contributed by atoms with Gasteiger partial charge in [-0.1, -0.05) is 0 Å². The van der Waals surface area contributed by atoms with Gasteiger partial charge < -0.3 is 20.5 Å². The molecular formula is C11H20N2O4S. The van der Waals surface area contributed by atoms with Gasteiger partial charge in [-0.3, -0.25) is 0 Å². The molecule has 3 unspecified atom stereocenters. The zero-order chi connectivity index (χ0) is 13.5. The second-order valence-electron chi connectivity index (χ2n) is 4.37. The van der Waals surface area contributed by atoms with Crippen LogP contribution in [-0.4, -0.2) is 53.9 Å². The van der Waals surface area contributed by atoms with Crippen LogP contribution in [0.2, 0.25) is 0 Å². The van der Waals surface area contributed by atoms with E-state index in [0.717, 1.165) is 5.75 Å². The normalized spacial score (nSPS) is 24.6. The molecule has 3 N–H and O–H groups in total. The number of carboxylic acid groups (broad SMARTS) is 1. The van der Waals surface area contributed by atoms with Crippen LogP contribution in [0.5, 0.6) is 0 Å². The molecule has 0 bridgehead atoms. The summed E-state index contributed by atoms with van der Waals surface area (Å²) >= 11 is 1.67. The molecule has 1 heterocycles. The summed E-state index contributed by atoms with van der Waals surface area (Å²) in [6.07, 6.45) is 2.22. The number of urea groups is 1. The highest BCUT2D eigenvalue weighted by molar-refractivity contribution is 7.98. The van der Waals surface area contributed by atoms with Crippen LogP contribution < -0.4 is 10.6 Å². The van der Waals surface area contributed by atoms with E-state index in [1.165, 1.54) is 0 Å². The van der Waals surface area contributed by atoms with Crippen LogP contribution in [0.25, 0.3) is 0 Å². The molecule has 1 rings (SSSR count). The fraction of sp³-hybridized carbons (Fsp3) is 0.818. The molecule has 18 heavy (non-hydrogen) atoms. The minimum atomic E-state index is -0.935. The smallest absolute Gasteiger partial charge is 0.332 e. The Morgan fingerprint density at radius 2 is 2.22 bits per heavy atom. The predicted octanol–water partition coefficient (Wildman–Crippen LogP) is 0.669. The van der Waals surface area contributed by atoms with Crippen LogP contribution >= 0.6 is 11.8 Å². The molecule has 0 aliphatic carbocycles. The number of hydrogen-bond donors (Lipinski definition) is 3. The van der Waals surface area contributed by atoms with Crippen molar-refractivity contribution >= 4 is 23.8 Å². The van der Waals surface area contributed by atoms with Crippen LogP contribution in [0.4, 0.5) is 4.79 Å². The molecule has 7 heteroatoms. The highest BCUT2D eigenvalue weighted by Crippen LogP contribution is 2.19. The number of amides is 2.